The van der Waals surface area contributed by atoms with Gasteiger partial charge in [-0.1, -0.05) is 57.8 Å². The summed E-state index contributed by atoms with van der Waals surface area (Å²) in [5.41, 5.74) is 0. The lowest BCUT2D eigenvalue weighted by Gasteiger charge is -2.53. The van der Waals surface area contributed by atoms with Crippen molar-refractivity contribution in [1.29, 1.82) is 0 Å². The molecular weight excluding hydrogens is 228 g/mol. The van der Waals surface area contributed by atoms with Crippen molar-refractivity contribution in [3.63, 3.8) is 0 Å². The molecular formula is C19H32. The molecule has 0 saturated heterocycles. The molecule has 4 rings (SSSR count). The van der Waals surface area contributed by atoms with Crippen molar-refractivity contribution in [2.24, 2.45) is 35.5 Å². The van der Waals surface area contributed by atoms with E-state index in [9.17, 15) is 0 Å². The van der Waals surface area contributed by atoms with Crippen molar-refractivity contribution in [2.45, 2.75) is 83.5 Å². The zero-order chi connectivity index (χ0) is 12.7. The van der Waals surface area contributed by atoms with E-state index in [4.69, 9.17) is 0 Å². The van der Waals surface area contributed by atoms with E-state index >= 15 is 0 Å². The Morgan fingerprint density at radius 1 is 0.368 bits per heavy atom. The highest BCUT2D eigenvalue weighted by Crippen LogP contribution is 2.56. The van der Waals surface area contributed by atoms with Gasteiger partial charge in [0.1, 0.15) is 0 Å². The second-order valence-corrected chi connectivity index (χ2v) is 8.26. The summed E-state index contributed by atoms with van der Waals surface area (Å²) >= 11 is 0. The Bertz CT molecular complexity index is 301. The van der Waals surface area contributed by atoms with Crippen molar-refractivity contribution in [2.75, 3.05) is 0 Å². The molecule has 4 fully saturated rings. The minimum absolute atomic E-state index is 1.15. The summed E-state index contributed by atoms with van der Waals surface area (Å²) in [6, 6.07) is 0. The first-order valence-corrected chi connectivity index (χ1v) is 9.43. The Labute approximate surface area is 119 Å². The predicted molar refractivity (Wildman–Crippen MR) is 81.0 cm³/mol. The summed E-state index contributed by atoms with van der Waals surface area (Å²) in [5, 5.41) is 0. The molecule has 0 nitrogen and oxygen atoms in total. The van der Waals surface area contributed by atoms with Gasteiger partial charge < -0.3 is 0 Å². The highest BCUT2D eigenvalue weighted by molar-refractivity contribution is 4.97. The molecule has 0 N–H and O–H groups in total. The molecule has 19 heavy (non-hydrogen) atoms. The first-order valence-electron chi connectivity index (χ1n) is 9.43. The number of fused-ring (bicyclic) bond motifs is 3. The van der Waals surface area contributed by atoms with Gasteiger partial charge in [0, 0.05) is 0 Å². The van der Waals surface area contributed by atoms with Crippen LogP contribution in [0.3, 0.4) is 0 Å². The van der Waals surface area contributed by atoms with Crippen LogP contribution in [0.1, 0.15) is 83.5 Å². The van der Waals surface area contributed by atoms with E-state index in [1.165, 1.54) is 11.8 Å². The molecule has 5 atom stereocenters. The van der Waals surface area contributed by atoms with E-state index in [0.29, 0.717) is 0 Å². The van der Waals surface area contributed by atoms with Crippen LogP contribution >= 0.6 is 0 Å². The lowest BCUT2D eigenvalue weighted by molar-refractivity contribution is -0.0302. The quantitative estimate of drug-likeness (QED) is 0.558. The summed E-state index contributed by atoms with van der Waals surface area (Å²) in [7, 11) is 0. The van der Waals surface area contributed by atoms with Gasteiger partial charge in [0.15, 0.2) is 0 Å². The minimum Gasteiger partial charge on any atom is -0.0530 e. The molecule has 108 valence electrons. The average molecular weight is 260 g/mol. The van der Waals surface area contributed by atoms with Crippen LogP contribution in [-0.2, 0) is 0 Å². The lowest BCUT2D eigenvalue weighted by Crippen LogP contribution is -2.44. The van der Waals surface area contributed by atoms with Gasteiger partial charge in [-0.2, -0.15) is 0 Å². The van der Waals surface area contributed by atoms with Gasteiger partial charge in [0.05, 0.1) is 0 Å². The Morgan fingerprint density at radius 2 is 0.842 bits per heavy atom. The first kappa shape index (κ1) is 12.7. The van der Waals surface area contributed by atoms with Crippen LogP contribution in [0.25, 0.3) is 0 Å². The maximum absolute atomic E-state index is 1.61. The molecule has 0 radical (unpaired) electrons. The third-order valence-electron chi connectivity index (χ3n) is 7.53. The number of hydrogen-bond donors (Lipinski definition) is 0. The minimum atomic E-state index is 1.15. The predicted octanol–water partition coefficient (Wildman–Crippen LogP) is 5.81. The highest BCUT2D eigenvalue weighted by Gasteiger charge is 2.47. The average Bonchev–Trinajstić information content (AvgIpc) is 3.00. The van der Waals surface area contributed by atoms with Crippen LogP contribution in [0.2, 0.25) is 0 Å². The molecule has 0 heterocycles. The van der Waals surface area contributed by atoms with Crippen molar-refractivity contribution in [3.8, 4) is 0 Å². The zero-order valence-corrected chi connectivity index (χ0v) is 12.7. The molecule has 0 aromatic carbocycles. The molecule has 4 saturated carbocycles. The van der Waals surface area contributed by atoms with E-state index in [2.05, 4.69) is 0 Å². The van der Waals surface area contributed by atoms with Crippen LogP contribution in [-0.4, -0.2) is 0 Å². The third kappa shape index (κ3) is 2.28. The number of rotatable bonds is 1. The Morgan fingerprint density at radius 3 is 1.58 bits per heavy atom. The molecule has 0 aromatic heterocycles. The lowest BCUT2D eigenvalue weighted by atomic mass is 9.53. The molecule has 4 aliphatic rings. The maximum Gasteiger partial charge on any atom is -0.0324 e. The third-order valence-corrected chi connectivity index (χ3v) is 7.53. The van der Waals surface area contributed by atoms with Crippen molar-refractivity contribution < 1.29 is 0 Å². The van der Waals surface area contributed by atoms with Gasteiger partial charge in [-0.15, -0.1) is 0 Å². The fourth-order valence-corrected chi connectivity index (χ4v) is 6.82. The molecule has 0 bridgehead atoms. The van der Waals surface area contributed by atoms with E-state index < -0.39 is 0 Å². The van der Waals surface area contributed by atoms with Gasteiger partial charge in [0.25, 0.3) is 0 Å². The summed E-state index contributed by atoms with van der Waals surface area (Å²) < 4.78 is 0. The van der Waals surface area contributed by atoms with Crippen molar-refractivity contribution >= 4 is 0 Å². The Kier molecular flexibility index (Phi) is 3.62. The Balaban J connectivity index is 1.56. The molecule has 0 heteroatoms. The maximum atomic E-state index is 1.61. The standard InChI is InChI=1S/C19H32/c1-2-7-14(6-1)18-11-5-9-16-13-12-15-8-3-4-10-17(15)19(16)18/h14-19H,1-13H2. The molecule has 0 aromatic rings. The second kappa shape index (κ2) is 5.41. The largest absolute Gasteiger partial charge is 0.0530 e. The second-order valence-electron chi connectivity index (χ2n) is 8.26. The van der Waals surface area contributed by atoms with E-state index in [1.54, 1.807) is 83.5 Å². The molecule has 0 aliphatic heterocycles. The highest BCUT2D eigenvalue weighted by atomic mass is 14.5. The fraction of sp³-hybridized carbons (Fsp3) is 1.00. The van der Waals surface area contributed by atoms with Crippen LogP contribution in [0.15, 0.2) is 0 Å². The SMILES string of the molecule is C1CCC(C2CCCC3CCC4CCCCC4C32)C1. The molecule has 4 aliphatic carbocycles. The van der Waals surface area contributed by atoms with E-state index in [1.807, 2.05) is 0 Å². The van der Waals surface area contributed by atoms with E-state index in [0.717, 1.165) is 23.7 Å². The van der Waals surface area contributed by atoms with Gasteiger partial charge >= 0.3 is 0 Å². The Hall–Kier alpha value is 0. The van der Waals surface area contributed by atoms with Crippen LogP contribution in [0.4, 0.5) is 0 Å². The number of hydrogen-bond acceptors (Lipinski definition) is 0. The van der Waals surface area contributed by atoms with Gasteiger partial charge in [0.2, 0.25) is 0 Å². The smallest absolute Gasteiger partial charge is 0.0324 e. The zero-order valence-electron chi connectivity index (χ0n) is 12.7. The normalized spacial score (nSPS) is 47.7. The van der Waals surface area contributed by atoms with Crippen molar-refractivity contribution in [1.82, 2.24) is 0 Å². The molecule has 5 unspecified atom stereocenters. The molecule has 0 spiro atoms. The van der Waals surface area contributed by atoms with E-state index in [-0.39, 0.29) is 0 Å². The summed E-state index contributed by atoms with van der Waals surface area (Å²) in [4.78, 5) is 0. The van der Waals surface area contributed by atoms with Crippen LogP contribution < -0.4 is 0 Å². The van der Waals surface area contributed by atoms with Crippen LogP contribution in [0.5, 0.6) is 0 Å². The van der Waals surface area contributed by atoms with Gasteiger partial charge in [-0.05, 0) is 61.2 Å². The fourth-order valence-electron chi connectivity index (χ4n) is 6.82. The molecule has 0 amide bonds. The summed E-state index contributed by atoms with van der Waals surface area (Å²) in [6.45, 7) is 0. The van der Waals surface area contributed by atoms with Crippen molar-refractivity contribution in [3.05, 3.63) is 0 Å². The van der Waals surface area contributed by atoms with Gasteiger partial charge in [-0.25, -0.2) is 0 Å². The van der Waals surface area contributed by atoms with Crippen LogP contribution in [0, 0.1) is 35.5 Å². The first-order chi connectivity index (χ1) is 9.43. The van der Waals surface area contributed by atoms with Gasteiger partial charge in [-0.3, -0.25) is 0 Å². The monoisotopic (exact) mass is 260 g/mol. The topological polar surface area (TPSA) is 0 Å². The summed E-state index contributed by atoms with van der Waals surface area (Å²) in [6.07, 6.45) is 20.6. The summed E-state index contributed by atoms with van der Waals surface area (Å²) in [5.74, 6) is 6.95.